The summed E-state index contributed by atoms with van der Waals surface area (Å²) < 4.78 is 35.0. The summed E-state index contributed by atoms with van der Waals surface area (Å²) in [6, 6.07) is 3.66. The van der Waals surface area contributed by atoms with Crippen molar-refractivity contribution in [3.8, 4) is 0 Å². The second-order valence-electron chi connectivity index (χ2n) is 7.40. The van der Waals surface area contributed by atoms with Crippen molar-refractivity contribution in [2.24, 2.45) is 7.05 Å². The van der Waals surface area contributed by atoms with Gasteiger partial charge in [0.1, 0.15) is 14.6 Å². The van der Waals surface area contributed by atoms with Crippen molar-refractivity contribution < 1.29 is 17.9 Å². The van der Waals surface area contributed by atoms with E-state index in [9.17, 15) is 13.2 Å². The molecular formula is C19H23N5O4S2. The highest BCUT2D eigenvalue weighted by atomic mass is 32.2. The van der Waals surface area contributed by atoms with E-state index < -0.39 is 16.1 Å². The number of thiophene rings is 1. The minimum Gasteiger partial charge on any atom is -0.371 e. The first-order chi connectivity index (χ1) is 14.3. The molecule has 1 fully saturated rings. The van der Waals surface area contributed by atoms with Crippen LogP contribution in [0.25, 0.3) is 10.2 Å². The van der Waals surface area contributed by atoms with Crippen LogP contribution in [0, 0.1) is 0 Å². The van der Waals surface area contributed by atoms with Gasteiger partial charge < -0.3 is 10.1 Å². The zero-order valence-electron chi connectivity index (χ0n) is 16.9. The first kappa shape index (κ1) is 20.9. The topological polar surface area (TPSA) is 106 Å². The molecule has 0 saturated carbocycles. The molecule has 0 bridgehead atoms. The van der Waals surface area contributed by atoms with Crippen molar-refractivity contribution in [2.45, 2.75) is 30.9 Å². The lowest BCUT2D eigenvalue weighted by atomic mass is 10.0. The number of pyridine rings is 1. The standard InChI is InChI=1S/C19H23N5O4S2/c1-12(2)22-18(25)17-16(14-5-4-6-20-19(14)29-17)15-11-24(7-8-28-15)30(26,27)13-9-21-23(3)10-13/h4-6,9-10,12,15H,7-8,11H2,1-3H3,(H,22,25). The van der Waals surface area contributed by atoms with Gasteiger partial charge in [-0.25, -0.2) is 13.4 Å². The highest BCUT2D eigenvalue weighted by molar-refractivity contribution is 7.89. The summed E-state index contributed by atoms with van der Waals surface area (Å²) in [5, 5.41) is 7.69. The molecule has 0 spiro atoms. The lowest BCUT2D eigenvalue weighted by Gasteiger charge is -2.32. The Hall–Kier alpha value is -2.34. The average molecular weight is 450 g/mol. The SMILES string of the molecule is CC(C)NC(=O)c1sc2ncccc2c1C1CN(S(=O)(=O)c2cnn(C)c2)CCO1. The van der Waals surface area contributed by atoms with Crippen LogP contribution in [0.4, 0.5) is 0 Å². The first-order valence-electron chi connectivity index (χ1n) is 9.56. The van der Waals surface area contributed by atoms with E-state index in [0.29, 0.717) is 10.4 Å². The fourth-order valence-corrected chi connectivity index (χ4v) is 5.98. The maximum absolute atomic E-state index is 13.1. The van der Waals surface area contributed by atoms with Crippen molar-refractivity contribution in [3.05, 3.63) is 41.2 Å². The molecule has 30 heavy (non-hydrogen) atoms. The molecule has 1 N–H and O–H groups in total. The van der Waals surface area contributed by atoms with E-state index in [1.54, 1.807) is 19.3 Å². The van der Waals surface area contributed by atoms with E-state index in [2.05, 4.69) is 15.4 Å². The third-order valence-electron chi connectivity index (χ3n) is 4.80. The number of nitrogens with zero attached hydrogens (tertiary/aromatic N) is 4. The van der Waals surface area contributed by atoms with Crippen LogP contribution in [0.1, 0.15) is 35.2 Å². The van der Waals surface area contributed by atoms with Gasteiger partial charge in [0.25, 0.3) is 5.91 Å². The van der Waals surface area contributed by atoms with Crippen LogP contribution < -0.4 is 5.32 Å². The van der Waals surface area contributed by atoms with E-state index in [1.807, 2.05) is 19.9 Å². The lowest BCUT2D eigenvalue weighted by molar-refractivity contribution is -0.00193. The molecule has 11 heteroatoms. The molecule has 9 nitrogen and oxygen atoms in total. The Morgan fingerprint density at radius 3 is 2.90 bits per heavy atom. The molecule has 1 unspecified atom stereocenters. The highest BCUT2D eigenvalue weighted by Gasteiger charge is 2.35. The number of aromatic nitrogens is 3. The number of fused-ring (bicyclic) bond motifs is 1. The van der Waals surface area contributed by atoms with E-state index >= 15 is 0 Å². The van der Waals surface area contributed by atoms with Gasteiger partial charge in [0.2, 0.25) is 10.0 Å². The lowest BCUT2D eigenvalue weighted by Crippen LogP contribution is -2.42. The van der Waals surface area contributed by atoms with E-state index in [4.69, 9.17) is 4.74 Å². The van der Waals surface area contributed by atoms with Crippen LogP contribution in [0.5, 0.6) is 0 Å². The summed E-state index contributed by atoms with van der Waals surface area (Å²) in [6.45, 7) is 4.36. The normalized spacial score (nSPS) is 18.2. The molecule has 0 aromatic carbocycles. The van der Waals surface area contributed by atoms with Crippen molar-refractivity contribution in [3.63, 3.8) is 0 Å². The number of aryl methyl sites for hydroxylation is 1. The van der Waals surface area contributed by atoms with E-state index in [-0.39, 0.29) is 36.5 Å². The molecule has 1 amide bonds. The molecule has 160 valence electrons. The molecular weight excluding hydrogens is 426 g/mol. The number of hydrogen-bond acceptors (Lipinski definition) is 7. The Bertz CT molecular complexity index is 1180. The Balaban J connectivity index is 1.72. The largest absolute Gasteiger partial charge is 0.371 e. The van der Waals surface area contributed by atoms with E-state index in [1.165, 1.54) is 32.7 Å². The zero-order chi connectivity index (χ0) is 21.5. The van der Waals surface area contributed by atoms with Gasteiger partial charge in [0.05, 0.1) is 18.9 Å². The quantitative estimate of drug-likeness (QED) is 0.638. The summed E-state index contributed by atoms with van der Waals surface area (Å²) in [5.41, 5.74) is 0.687. The zero-order valence-corrected chi connectivity index (χ0v) is 18.5. The third-order valence-corrected chi connectivity index (χ3v) is 7.75. The minimum atomic E-state index is -3.71. The number of carbonyl (C=O) groups is 1. The maximum atomic E-state index is 13.1. The number of morpholine rings is 1. The Morgan fingerprint density at radius 1 is 1.40 bits per heavy atom. The summed E-state index contributed by atoms with van der Waals surface area (Å²) >= 11 is 1.29. The van der Waals surface area contributed by atoms with Crippen molar-refractivity contribution in [2.75, 3.05) is 19.7 Å². The second-order valence-corrected chi connectivity index (χ2v) is 10.3. The van der Waals surface area contributed by atoms with Crippen LogP contribution in [0.2, 0.25) is 0 Å². The number of amides is 1. The smallest absolute Gasteiger partial charge is 0.262 e. The number of sulfonamides is 1. The van der Waals surface area contributed by atoms with Crippen LogP contribution in [-0.4, -0.2) is 59.1 Å². The monoisotopic (exact) mass is 449 g/mol. The van der Waals surface area contributed by atoms with Crippen molar-refractivity contribution in [1.29, 1.82) is 0 Å². The van der Waals surface area contributed by atoms with E-state index in [0.717, 1.165) is 10.2 Å². The van der Waals surface area contributed by atoms with Crippen molar-refractivity contribution >= 4 is 37.5 Å². The van der Waals surface area contributed by atoms with Gasteiger partial charge in [-0.15, -0.1) is 11.3 Å². The molecule has 1 aliphatic rings. The van der Waals surface area contributed by atoms with Gasteiger partial charge in [-0.3, -0.25) is 9.48 Å². The van der Waals surface area contributed by atoms with Crippen LogP contribution >= 0.6 is 11.3 Å². The molecule has 1 saturated heterocycles. The maximum Gasteiger partial charge on any atom is 0.262 e. The molecule has 1 aliphatic heterocycles. The van der Waals surface area contributed by atoms with Gasteiger partial charge in [-0.2, -0.15) is 9.40 Å². The van der Waals surface area contributed by atoms with Gasteiger partial charge in [-0.05, 0) is 19.9 Å². The van der Waals surface area contributed by atoms with Gasteiger partial charge >= 0.3 is 0 Å². The molecule has 0 aliphatic carbocycles. The Morgan fingerprint density at radius 2 is 2.20 bits per heavy atom. The second kappa shape index (κ2) is 8.06. The van der Waals surface area contributed by atoms with Gasteiger partial charge in [0, 0.05) is 49.5 Å². The molecule has 1 atom stereocenters. The summed E-state index contributed by atoms with van der Waals surface area (Å²) in [5.74, 6) is -0.209. The third kappa shape index (κ3) is 3.85. The number of hydrogen-bond donors (Lipinski definition) is 1. The number of rotatable bonds is 5. The predicted molar refractivity (Wildman–Crippen MR) is 113 cm³/mol. The number of ether oxygens (including phenoxy) is 1. The molecule has 0 radical (unpaired) electrons. The first-order valence-corrected chi connectivity index (χ1v) is 11.8. The fraction of sp³-hybridized carbons (Fsp3) is 0.421. The Kier molecular flexibility index (Phi) is 5.62. The number of nitrogens with one attached hydrogen (secondary N) is 1. The van der Waals surface area contributed by atoms with Crippen LogP contribution in [0.3, 0.4) is 0 Å². The summed E-state index contributed by atoms with van der Waals surface area (Å²) in [4.78, 5) is 18.6. The average Bonchev–Trinajstić information content (AvgIpc) is 3.32. The predicted octanol–water partition coefficient (Wildman–Crippen LogP) is 1.93. The van der Waals surface area contributed by atoms with Crippen LogP contribution in [-0.2, 0) is 21.8 Å². The molecule has 3 aromatic rings. The molecule has 4 heterocycles. The molecule has 3 aromatic heterocycles. The van der Waals surface area contributed by atoms with Gasteiger partial charge in [-0.1, -0.05) is 6.07 Å². The fourth-order valence-electron chi connectivity index (χ4n) is 3.47. The minimum absolute atomic E-state index is 0.0294. The summed E-state index contributed by atoms with van der Waals surface area (Å²) in [7, 11) is -2.04. The summed E-state index contributed by atoms with van der Waals surface area (Å²) in [6.07, 6.45) is 3.92. The van der Waals surface area contributed by atoms with Crippen molar-refractivity contribution in [1.82, 2.24) is 24.4 Å². The highest BCUT2D eigenvalue weighted by Crippen LogP contribution is 2.38. The van der Waals surface area contributed by atoms with Crippen LogP contribution in [0.15, 0.2) is 35.6 Å². The van der Waals surface area contributed by atoms with Gasteiger partial charge in [0.15, 0.2) is 0 Å². The molecule has 4 rings (SSSR count). The Labute approximate surface area is 178 Å². The number of carbonyl (C=O) groups excluding carboxylic acids is 1.